The van der Waals surface area contributed by atoms with Gasteiger partial charge in [0.05, 0.1) is 14.2 Å². The molecule has 2 rings (SSSR count). The first-order chi connectivity index (χ1) is 13.1. The molecule has 2 aromatic carbocycles. The molecule has 0 heterocycles. The van der Waals surface area contributed by atoms with Crippen molar-refractivity contribution in [3.05, 3.63) is 64.2 Å². The fourth-order valence-electron chi connectivity index (χ4n) is 2.56. The van der Waals surface area contributed by atoms with Crippen LogP contribution in [0.25, 0.3) is 0 Å². The number of esters is 1. The van der Waals surface area contributed by atoms with Crippen LogP contribution in [-0.2, 0) is 17.7 Å². The van der Waals surface area contributed by atoms with Crippen molar-refractivity contribution in [2.45, 2.75) is 13.0 Å². The largest absolute Gasteiger partial charge is 0.496 e. The molecule has 0 spiro atoms. The molecule has 0 aliphatic heterocycles. The third-order valence-corrected chi connectivity index (χ3v) is 4.18. The van der Waals surface area contributed by atoms with Crippen molar-refractivity contribution in [2.75, 3.05) is 27.8 Å². The van der Waals surface area contributed by atoms with E-state index in [2.05, 4.69) is 15.6 Å². The molecule has 0 aromatic heterocycles. The van der Waals surface area contributed by atoms with Crippen LogP contribution < -0.4 is 15.4 Å². The van der Waals surface area contributed by atoms with Crippen molar-refractivity contribution < 1.29 is 14.3 Å². The molecule has 0 aliphatic carbocycles. The Kier molecular flexibility index (Phi) is 7.95. The van der Waals surface area contributed by atoms with E-state index in [1.165, 1.54) is 14.2 Å². The van der Waals surface area contributed by atoms with Gasteiger partial charge in [-0.1, -0.05) is 29.8 Å². The minimum atomic E-state index is -0.433. The van der Waals surface area contributed by atoms with Crippen molar-refractivity contribution in [3.63, 3.8) is 0 Å². The van der Waals surface area contributed by atoms with Crippen LogP contribution in [-0.4, -0.2) is 39.7 Å². The first-order valence-electron chi connectivity index (χ1n) is 8.51. The monoisotopic (exact) mass is 389 g/mol. The number of nitrogens with zero attached hydrogens (tertiary/aromatic N) is 1. The van der Waals surface area contributed by atoms with Gasteiger partial charge in [-0.15, -0.1) is 0 Å². The lowest BCUT2D eigenvalue weighted by Gasteiger charge is -2.13. The van der Waals surface area contributed by atoms with E-state index in [0.717, 1.165) is 29.1 Å². The number of ether oxygens (including phenoxy) is 2. The van der Waals surface area contributed by atoms with Gasteiger partial charge in [0.2, 0.25) is 0 Å². The van der Waals surface area contributed by atoms with Crippen LogP contribution in [0.15, 0.2) is 47.5 Å². The van der Waals surface area contributed by atoms with E-state index >= 15 is 0 Å². The summed E-state index contributed by atoms with van der Waals surface area (Å²) in [6.07, 6.45) is 0.830. The molecule has 27 heavy (non-hydrogen) atoms. The smallest absolute Gasteiger partial charge is 0.341 e. The summed E-state index contributed by atoms with van der Waals surface area (Å²) >= 11 is 6.00. The predicted octanol–water partition coefficient (Wildman–Crippen LogP) is 3.04. The fourth-order valence-corrected chi connectivity index (χ4v) is 2.77. The molecule has 0 fully saturated rings. The lowest BCUT2D eigenvalue weighted by molar-refractivity contribution is 0.0597. The molecule has 2 aromatic rings. The second-order valence-electron chi connectivity index (χ2n) is 5.76. The number of hydrogen-bond acceptors (Lipinski definition) is 4. The summed E-state index contributed by atoms with van der Waals surface area (Å²) in [6.45, 7) is 1.22. The quantitative estimate of drug-likeness (QED) is 0.432. The Morgan fingerprint density at radius 1 is 1.11 bits per heavy atom. The number of halogens is 1. The number of methoxy groups -OCH3 is 2. The van der Waals surface area contributed by atoms with Gasteiger partial charge in [0.1, 0.15) is 11.3 Å². The first-order valence-corrected chi connectivity index (χ1v) is 8.89. The third kappa shape index (κ3) is 6.18. The second-order valence-corrected chi connectivity index (χ2v) is 6.20. The summed E-state index contributed by atoms with van der Waals surface area (Å²) in [5.41, 5.74) is 2.46. The Bertz CT molecular complexity index is 809. The van der Waals surface area contributed by atoms with Gasteiger partial charge in [0.25, 0.3) is 0 Å². The average molecular weight is 390 g/mol. The lowest BCUT2D eigenvalue weighted by Crippen LogP contribution is -2.37. The third-order valence-electron chi connectivity index (χ3n) is 3.95. The van der Waals surface area contributed by atoms with Crippen LogP contribution in [0.2, 0.25) is 5.02 Å². The van der Waals surface area contributed by atoms with Crippen LogP contribution in [0.3, 0.4) is 0 Å². The number of benzene rings is 2. The summed E-state index contributed by atoms with van der Waals surface area (Å²) in [6, 6.07) is 13.2. The molecule has 0 unspecified atom stereocenters. The normalized spacial score (nSPS) is 11.0. The molecule has 0 saturated heterocycles. The average Bonchev–Trinajstić information content (AvgIpc) is 2.69. The van der Waals surface area contributed by atoms with Gasteiger partial charge >= 0.3 is 5.97 Å². The highest BCUT2D eigenvalue weighted by atomic mass is 35.5. The molecular weight excluding hydrogens is 366 g/mol. The molecule has 144 valence electrons. The molecule has 0 bridgehead atoms. The van der Waals surface area contributed by atoms with Crippen LogP contribution >= 0.6 is 11.6 Å². The summed E-state index contributed by atoms with van der Waals surface area (Å²) < 4.78 is 10.0. The van der Waals surface area contributed by atoms with Gasteiger partial charge in [0.15, 0.2) is 5.96 Å². The van der Waals surface area contributed by atoms with Crippen LogP contribution in [0.4, 0.5) is 0 Å². The van der Waals surface area contributed by atoms with Crippen LogP contribution in [0, 0.1) is 0 Å². The van der Waals surface area contributed by atoms with E-state index in [1.807, 2.05) is 30.3 Å². The van der Waals surface area contributed by atoms with Crippen molar-refractivity contribution in [1.82, 2.24) is 10.6 Å². The van der Waals surface area contributed by atoms with Gasteiger partial charge < -0.3 is 20.1 Å². The van der Waals surface area contributed by atoms with E-state index < -0.39 is 5.97 Å². The number of carbonyl (C=O) groups is 1. The maximum absolute atomic E-state index is 11.9. The minimum Gasteiger partial charge on any atom is -0.496 e. The molecule has 0 aliphatic rings. The summed E-state index contributed by atoms with van der Waals surface area (Å²) in [4.78, 5) is 16.1. The van der Waals surface area contributed by atoms with E-state index in [-0.39, 0.29) is 0 Å². The zero-order valence-corrected chi connectivity index (χ0v) is 16.5. The predicted molar refractivity (Wildman–Crippen MR) is 108 cm³/mol. The highest BCUT2D eigenvalue weighted by Crippen LogP contribution is 2.20. The van der Waals surface area contributed by atoms with Gasteiger partial charge in [-0.25, -0.2) is 4.79 Å². The molecule has 0 atom stereocenters. The molecule has 0 saturated carbocycles. The Morgan fingerprint density at radius 2 is 1.93 bits per heavy atom. The topological polar surface area (TPSA) is 72.0 Å². The number of hydrogen-bond donors (Lipinski definition) is 2. The van der Waals surface area contributed by atoms with Crippen molar-refractivity contribution in [3.8, 4) is 5.75 Å². The van der Waals surface area contributed by atoms with Crippen molar-refractivity contribution >= 4 is 23.5 Å². The SMILES string of the molecule is CN=C(NCCc1cccc(Cl)c1)NCc1ccc(OC)c(C(=O)OC)c1. The molecule has 7 heteroatoms. The minimum absolute atomic E-state index is 0.392. The van der Waals surface area contributed by atoms with Gasteiger partial charge in [0, 0.05) is 25.2 Å². The van der Waals surface area contributed by atoms with Crippen LogP contribution in [0.5, 0.6) is 5.75 Å². The number of rotatable bonds is 7. The van der Waals surface area contributed by atoms with Gasteiger partial charge in [-0.3, -0.25) is 4.99 Å². The Hall–Kier alpha value is -2.73. The molecule has 6 nitrogen and oxygen atoms in total. The van der Waals surface area contributed by atoms with E-state index in [1.54, 1.807) is 19.2 Å². The molecular formula is C20H24ClN3O3. The number of guanidine groups is 1. The zero-order chi connectivity index (χ0) is 19.6. The zero-order valence-electron chi connectivity index (χ0n) is 15.7. The fraction of sp³-hybridized carbons (Fsp3) is 0.300. The number of carbonyl (C=O) groups excluding carboxylic acids is 1. The Balaban J connectivity index is 1.91. The molecule has 2 N–H and O–H groups in total. The summed E-state index contributed by atoms with van der Waals surface area (Å²) in [5.74, 6) is 0.722. The van der Waals surface area contributed by atoms with Gasteiger partial charge in [-0.05, 0) is 41.8 Å². The standard InChI is InChI=1S/C20H24ClN3O3/c1-22-20(23-10-9-14-5-4-6-16(21)11-14)24-13-15-7-8-18(26-2)17(12-15)19(25)27-3/h4-8,11-12H,9-10,13H2,1-3H3,(H2,22,23,24). The molecule has 0 amide bonds. The summed E-state index contributed by atoms with van der Waals surface area (Å²) in [7, 11) is 4.58. The van der Waals surface area contributed by atoms with E-state index in [4.69, 9.17) is 21.1 Å². The Labute approximate surface area is 164 Å². The highest BCUT2D eigenvalue weighted by Gasteiger charge is 2.13. The highest BCUT2D eigenvalue weighted by molar-refractivity contribution is 6.30. The van der Waals surface area contributed by atoms with Crippen molar-refractivity contribution in [1.29, 1.82) is 0 Å². The lowest BCUT2D eigenvalue weighted by atomic mass is 10.1. The molecule has 0 radical (unpaired) electrons. The number of aliphatic imine (C=N–C) groups is 1. The van der Waals surface area contributed by atoms with Crippen molar-refractivity contribution in [2.24, 2.45) is 4.99 Å². The number of nitrogens with one attached hydrogen (secondary N) is 2. The van der Waals surface area contributed by atoms with E-state index in [0.29, 0.717) is 23.8 Å². The van der Waals surface area contributed by atoms with E-state index in [9.17, 15) is 4.79 Å². The maximum Gasteiger partial charge on any atom is 0.341 e. The van der Waals surface area contributed by atoms with Crippen LogP contribution in [0.1, 0.15) is 21.5 Å². The summed E-state index contributed by atoms with van der Waals surface area (Å²) in [5, 5.41) is 7.22. The maximum atomic E-state index is 11.9. The van der Waals surface area contributed by atoms with Gasteiger partial charge in [-0.2, -0.15) is 0 Å². The first kappa shape index (κ1) is 20.6. The second kappa shape index (κ2) is 10.4. The Morgan fingerprint density at radius 3 is 2.59 bits per heavy atom.